The molecule has 0 saturated heterocycles. The molecule has 3 atom stereocenters. The molecule has 0 heterocycles. The maximum Gasteiger partial charge on any atom is 0.223 e. The van der Waals surface area contributed by atoms with Crippen molar-refractivity contribution in [1.82, 2.24) is 0 Å². The molecule has 0 radical (unpaired) electrons. The van der Waals surface area contributed by atoms with E-state index in [1.54, 1.807) is 24.9 Å². The number of hydrogen-bond donors (Lipinski definition) is 0. The molecule has 1 fully saturated rings. The molecule has 38 heavy (non-hydrogen) atoms. The first-order chi connectivity index (χ1) is 17.9. The van der Waals surface area contributed by atoms with Gasteiger partial charge in [0, 0.05) is 19.7 Å². The van der Waals surface area contributed by atoms with E-state index < -0.39 is 6.17 Å². The summed E-state index contributed by atoms with van der Waals surface area (Å²) >= 11 is 0. The van der Waals surface area contributed by atoms with E-state index in [1.165, 1.54) is 23.1 Å². The van der Waals surface area contributed by atoms with E-state index in [1.807, 2.05) is 66.7 Å². The minimum atomic E-state index is -0.520. The molecule has 1 aromatic rings. The second kappa shape index (κ2) is 24.9. The Bertz CT molecular complexity index is 849. The van der Waals surface area contributed by atoms with Gasteiger partial charge in [-0.15, -0.1) is 0 Å². The number of alkyl halides is 1. The second-order valence-electron chi connectivity index (χ2n) is 9.65. The standard InChI is InChI=1S/C12H18.C11H15NO.C8H15F.2C2H6/c1-5-8-12(4)10-7-9-11(3)6-2;1-8-5-6-11(9(2)7-8)12(4)10(3)13;1-6-3-4-7(2)8(9)5-6;2*1-2/h5,7-10H,1,6H2,2-4H3;5-7H,1-4H3;6-8H,3-5H2,1-2H3;2*1-2H3/b10-7-,11-9+,12-8+;;;;/t;;6-,7-,8+;;/m..1../s1. The average Bonchev–Trinajstić information content (AvgIpc) is 2.89. The van der Waals surface area contributed by atoms with Crippen LogP contribution in [0.2, 0.25) is 0 Å². The van der Waals surface area contributed by atoms with Crippen molar-refractivity contribution in [3.8, 4) is 0 Å². The van der Waals surface area contributed by atoms with Gasteiger partial charge in [0.1, 0.15) is 6.17 Å². The number of benzene rings is 1. The Morgan fingerprint density at radius 1 is 1.05 bits per heavy atom. The van der Waals surface area contributed by atoms with Gasteiger partial charge in [-0.2, -0.15) is 0 Å². The number of nitrogens with zero attached hydrogens (tertiary/aromatic N) is 1. The van der Waals surface area contributed by atoms with Crippen molar-refractivity contribution in [3.05, 3.63) is 77.4 Å². The number of rotatable bonds is 5. The van der Waals surface area contributed by atoms with Crippen molar-refractivity contribution in [2.75, 3.05) is 11.9 Å². The van der Waals surface area contributed by atoms with Crippen LogP contribution in [0.1, 0.15) is 106 Å². The zero-order valence-electron chi connectivity index (χ0n) is 27.1. The molecular formula is C35H60FNO. The summed E-state index contributed by atoms with van der Waals surface area (Å²) < 4.78 is 12.8. The Kier molecular flexibility index (Phi) is 26.3. The number of aryl methyl sites for hydroxylation is 2. The molecule has 2 nitrogen and oxygen atoms in total. The van der Waals surface area contributed by atoms with Crippen molar-refractivity contribution in [2.24, 2.45) is 11.8 Å². The van der Waals surface area contributed by atoms with E-state index >= 15 is 0 Å². The van der Waals surface area contributed by atoms with Gasteiger partial charge in [-0.05, 0) is 70.4 Å². The van der Waals surface area contributed by atoms with E-state index in [9.17, 15) is 9.18 Å². The Hall–Kier alpha value is -2.42. The number of hydrogen-bond acceptors (Lipinski definition) is 1. The molecule has 0 aromatic heterocycles. The summed E-state index contributed by atoms with van der Waals surface area (Å²) in [5, 5.41) is 0. The van der Waals surface area contributed by atoms with Crippen LogP contribution in [0.3, 0.4) is 0 Å². The molecule has 0 bridgehead atoms. The minimum absolute atomic E-state index is 0.0620. The second-order valence-corrected chi connectivity index (χ2v) is 9.65. The molecule has 0 aliphatic heterocycles. The third kappa shape index (κ3) is 19.7. The van der Waals surface area contributed by atoms with E-state index in [0.29, 0.717) is 11.8 Å². The third-order valence-electron chi connectivity index (χ3n) is 6.22. The quantitative estimate of drug-likeness (QED) is 0.347. The van der Waals surface area contributed by atoms with E-state index in [4.69, 9.17) is 0 Å². The first-order valence-corrected chi connectivity index (χ1v) is 14.5. The smallest absolute Gasteiger partial charge is 0.223 e. The van der Waals surface area contributed by atoms with Gasteiger partial charge in [0.15, 0.2) is 0 Å². The SMILES string of the molecule is C=C/C=C(C)/C=C\C=C(/C)CC.CC.CC.CC(=O)N(C)c1ccc(C)cc1C.C[C@@H]1CC[C@@H](C)[C@@H](F)C1. The fraction of sp³-hybridized carbons (Fsp3) is 0.571. The van der Waals surface area contributed by atoms with Gasteiger partial charge in [-0.3, -0.25) is 4.79 Å². The fourth-order valence-corrected chi connectivity index (χ4v) is 3.54. The van der Waals surface area contributed by atoms with Gasteiger partial charge >= 0.3 is 0 Å². The first-order valence-electron chi connectivity index (χ1n) is 14.5. The summed E-state index contributed by atoms with van der Waals surface area (Å²) in [6.45, 7) is 27.8. The van der Waals surface area contributed by atoms with Gasteiger partial charge in [0.2, 0.25) is 5.91 Å². The largest absolute Gasteiger partial charge is 0.315 e. The lowest BCUT2D eigenvalue weighted by atomic mass is 9.83. The maximum absolute atomic E-state index is 12.8. The molecule has 1 amide bonds. The summed E-state index contributed by atoms with van der Waals surface area (Å²) in [6, 6.07) is 6.07. The number of carbonyl (C=O) groups excluding carboxylic acids is 1. The predicted octanol–water partition coefficient (Wildman–Crippen LogP) is 11.2. The molecule has 1 aliphatic rings. The highest BCUT2D eigenvalue weighted by molar-refractivity contribution is 5.91. The zero-order valence-corrected chi connectivity index (χ0v) is 27.1. The number of allylic oxidation sites excluding steroid dienone is 7. The molecule has 1 saturated carbocycles. The number of carbonyl (C=O) groups is 1. The minimum Gasteiger partial charge on any atom is -0.315 e. The van der Waals surface area contributed by atoms with E-state index in [0.717, 1.165) is 30.5 Å². The van der Waals surface area contributed by atoms with Gasteiger partial charge < -0.3 is 4.90 Å². The third-order valence-corrected chi connectivity index (χ3v) is 6.22. The normalized spacial score (nSPS) is 18.7. The molecule has 218 valence electrons. The predicted molar refractivity (Wildman–Crippen MR) is 172 cm³/mol. The van der Waals surface area contributed by atoms with Crippen LogP contribution in [0.25, 0.3) is 0 Å². The Morgan fingerprint density at radius 3 is 2.05 bits per heavy atom. The van der Waals surface area contributed by atoms with Crippen molar-refractivity contribution < 1.29 is 9.18 Å². The molecular weight excluding hydrogens is 469 g/mol. The summed E-state index contributed by atoms with van der Waals surface area (Å²) in [5.41, 5.74) is 5.97. The van der Waals surface area contributed by atoms with Crippen LogP contribution in [0, 0.1) is 25.7 Å². The van der Waals surface area contributed by atoms with Crippen molar-refractivity contribution >= 4 is 11.6 Å². The monoisotopic (exact) mass is 529 g/mol. The van der Waals surface area contributed by atoms with Crippen molar-refractivity contribution in [3.63, 3.8) is 0 Å². The lowest BCUT2D eigenvalue weighted by Gasteiger charge is -2.26. The van der Waals surface area contributed by atoms with Gasteiger partial charge in [-0.1, -0.05) is 121 Å². The Balaban J connectivity index is -0.000000458. The number of halogens is 1. The molecule has 1 aliphatic carbocycles. The van der Waals surface area contributed by atoms with Gasteiger partial charge in [-0.25, -0.2) is 4.39 Å². The lowest BCUT2D eigenvalue weighted by molar-refractivity contribution is -0.116. The highest BCUT2D eigenvalue weighted by Gasteiger charge is 2.24. The number of anilines is 1. The zero-order chi connectivity index (χ0) is 30.3. The van der Waals surface area contributed by atoms with Crippen LogP contribution in [-0.2, 0) is 4.79 Å². The summed E-state index contributed by atoms with van der Waals surface area (Å²) in [4.78, 5) is 12.8. The van der Waals surface area contributed by atoms with Crippen molar-refractivity contribution in [1.29, 1.82) is 0 Å². The van der Waals surface area contributed by atoms with Gasteiger partial charge in [0.25, 0.3) is 0 Å². The van der Waals surface area contributed by atoms with Crippen LogP contribution < -0.4 is 4.90 Å². The van der Waals surface area contributed by atoms with Crippen LogP contribution in [-0.4, -0.2) is 19.1 Å². The molecule has 0 spiro atoms. The molecule has 2 rings (SSSR count). The summed E-state index contributed by atoms with van der Waals surface area (Å²) in [5.74, 6) is 1.00. The fourth-order valence-electron chi connectivity index (χ4n) is 3.54. The van der Waals surface area contributed by atoms with E-state index in [2.05, 4.69) is 58.6 Å². The summed E-state index contributed by atoms with van der Waals surface area (Å²) in [6.07, 6.45) is 13.8. The Labute approximate surface area is 236 Å². The van der Waals surface area contributed by atoms with Gasteiger partial charge in [0.05, 0.1) is 0 Å². The van der Waals surface area contributed by atoms with Crippen LogP contribution >= 0.6 is 0 Å². The summed E-state index contributed by atoms with van der Waals surface area (Å²) in [7, 11) is 1.79. The molecule has 1 aromatic carbocycles. The molecule has 0 unspecified atom stereocenters. The Morgan fingerprint density at radius 2 is 1.63 bits per heavy atom. The van der Waals surface area contributed by atoms with Crippen LogP contribution in [0.5, 0.6) is 0 Å². The average molecular weight is 530 g/mol. The van der Waals surface area contributed by atoms with Crippen LogP contribution in [0.15, 0.2) is 66.3 Å². The topological polar surface area (TPSA) is 20.3 Å². The van der Waals surface area contributed by atoms with E-state index in [-0.39, 0.29) is 5.91 Å². The first kappa shape index (κ1) is 40.1. The number of amides is 1. The van der Waals surface area contributed by atoms with Crippen molar-refractivity contribution in [2.45, 2.75) is 115 Å². The highest BCUT2D eigenvalue weighted by Crippen LogP contribution is 2.30. The lowest BCUT2D eigenvalue weighted by Crippen LogP contribution is -2.23. The van der Waals surface area contributed by atoms with Crippen LogP contribution in [0.4, 0.5) is 10.1 Å². The molecule has 0 N–H and O–H groups in total. The maximum atomic E-state index is 12.8. The molecule has 3 heteroatoms. The highest BCUT2D eigenvalue weighted by atomic mass is 19.1.